The summed E-state index contributed by atoms with van der Waals surface area (Å²) >= 11 is 0. The molecule has 1 aliphatic rings. The predicted octanol–water partition coefficient (Wildman–Crippen LogP) is 2.17. The molecule has 1 aliphatic carbocycles. The van der Waals surface area contributed by atoms with Crippen LogP contribution in [0.15, 0.2) is 12.7 Å². The van der Waals surface area contributed by atoms with Gasteiger partial charge in [-0.25, -0.2) is 14.4 Å². The van der Waals surface area contributed by atoms with Crippen LogP contribution in [-0.4, -0.2) is 56.7 Å². The van der Waals surface area contributed by atoms with Crippen LogP contribution in [0.1, 0.15) is 51.4 Å². The zero-order valence-corrected chi connectivity index (χ0v) is 16.8. The first kappa shape index (κ1) is 24.3. The van der Waals surface area contributed by atoms with E-state index in [2.05, 4.69) is 26.7 Å². The van der Waals surface area contributed by atoms with Crippen molar-refractivity contribution in [3.63, 3.8) is 0 Å². The first-order valence-electron chi connectivity index (χ1n) is 9.67. The number of alkyl carbamates (subject to hydrolysis) is 2. The Morgan fingerprint density at radius 3 is 2.31 bits per heavy atom. The maximum absolute atomic E-state index is 11.9. The first-order valence-corrected chi connectivity index (χ1v) is 9.67. The second-order valence-electron chi connectivity index (χ2n) is 6.59. The summed E-state index contributed by atoms with van der Waals surface area (Å²) in [5.41, 5.74) is 0. The Balaban J connectivity index is 2.05. The van der Waals surface area contributed by atoms with Crippen LogP contribution in [0.4, 0.5) is 9.59 Å². The summed E-state index contributed by atoms with van der Waals surface area (Å²) < 4.78 is 19.0. The summed E-state index contributed by atoms with van der Waals surface area (Å²) in [6, 6.07) is -0.0788. The molecule has 0 aromatic heterocycles. The largest absolute Gasteiger partial charge is 0.453 e. The summed E-state index contributed by atoms with van der Waals surface area (Å²) in [5, 5.41) is 5.56. The molecule has 1 saturated carbocycles. The predicted molar refractivity (Wildman–Crippen MR) is 102 cm³/mol. The van der Waals surface area contributed by atoms with E-state index in [4.69, 9.17) is 9.47 Å². The third-order valence-corrected chi connectivity index (χ3v) is 4.35. The van der Waals surface area contributed by atoms with Crippen LogP contribution >= 0.6 is 0 Å². The molecule has 0 spiro atoms. The molecule has 0 aromatic carbocycles. The summed E-state index contributed by atoms with van der Waals surface area (Å²) in [5.74, 6) is -1.12. The minimum Gasteiger partial charge on any atom is -0.453 e. The van der Waals surface area contributed by atoms with Crippen LogP contribution in [0, 0.1) is 0 Å². The van der Waals surface area contributed by atoms with Crippen LogP contribution in [0.25, 0.3) is 0 Å². The highest BCUT2D eigenvalue weighted by Gasteiger charge is 2.25. The SMILES string of the molecule is C=CC(=O)OCOC(=O)CCCCCOC(=O)NC1CCCC(NC(=O)OC)C1. The molecule has 10 heteroatoms. The van der Waals surface area contributed by atoms with Crippen molar-refractivity contribution >= 4 is 24.1 Å². The minimum absolute atomic E-state index is 0.0263. The Bertz CT molecular complexity index is 566. The molecule has 29 heavy (non-hydrogen) atoms. The van der Waals surface area contributed by atoms with Crippen molar-refractivity contribution in [3.8, 4) is 0 Å². The third-order valence-electron chi connectivity index (χ3n) is 4.35. The zero-order valence-electron chi connectivity index (χ0n) is 16.8. The second kappa shape index (κ2) is 14.3. The van der Waals surface area contributed by atoms with Crippen LogP contribution in [0.2, 0.25) is 0 Å². The number of rotatable bonds is 11. The molecule has 0 aliphatic heterocycles. The molecular weight excluding hydrogens is 384 g/mol. The quantitative estimate of drug-likeness (QED) is 0.173. The van der Waals surface area contributed by atoms with Gasteiger partial charge in [-0.1, -0.05) is 6.58 Å². The van der Waals surface area contributed by atoms with Crippen molar-refractivity contribution in [2.75, 3.05) is 20.5 Å². The number of amides is 2. The lowest BCUT2D eigenvalue weighted by molar-refractivity contribution is -0.164. The van der Waals surface area contributed by atoms with E-state index in [1.165, 1.54) is 7.11 Å². The molecule has 164 valence electrons. The van der Waals surface area contributed by atoms with Gasteiger partial charge in [0, 0.05) is 24.6 Å². The summed E-state index contributed by atoms with van der Waals surface area (Å²) in [7, 11) is 1.31. The average molecular weight is 414 g/mol. The Hall–Kier alpha value is -2.78. The van der Waals surface area contributed by atoms with Crippen LogP contribution in [0.5, 0.6) is 0 Å². The molecule has 10 nitrogen and oxygen atoms in total. The van der Waals surface area contributed by atoms with E-state index in [0.717, 1.165) is 25.3 Å². The summed E-state index contributed by atoms with van der Waals surface area (Å²) in [4.78, 5) is 45.3. The lowest BCUT2D eigenvalue weighted by atomic mass is 9.91. The van der Waals surface area contributed by atoms with Gasteiger partial charge in [0.25, 0.3) is 0 Å². The van der Waals surface area contributed by atoms with Gasteiger partial charge in [-0.2, -0.15) is 0 Å². The number of carbonyl (C=O) groups is 4. The normalized spacial score (nSPS) is 18.1. The Labute approximate surface area is 170 Å². The smallest absolute Gasteiger partial charge is 0.407 e. The molecule has 2 atom stereocenters. The lowest BCUT2D eigenvalue weighted by Gasteiger charge is -2.29. The van der Waals surface area contributed by atoms with Gasteiger partial charge in [0.15, 0.2) is 0 Å². The second-order valence-corrected chi connectivity index (χ2v) is 6.59. The van der Waals surface area contributed by atoms with E-state index in [0.29, 0.717) is 25.7 Å². The van der Waals surface area contributed by atoms with Crippen LogP contribution < -0.4 is 10.6 Å². The third kappa shape index (κ3) is 11.6. The van der Waals surface area contributed by atoms with Gasteiger partial charge in [0.05, 0.1) is 13.7 Å². The number of esters is 2. The number of nitrogens with one attached hydrogen (secondary N) is 2. The molecule has 0 saturated heterocycles. The fourth-order valence-corrected chi connectivity index (χ4v) is 2.88. The number of ether oxygens (including phenoxy) is 4. The maximum Gasteiger partial charge on any atom is 0.407 e. The van der Waals surface area contributed by atoms with Gasteiger partial charge >= 0.3 is 24.1 Å². The molecule has 2 N–H and O–H groups in total. The molecule has 1 rings (SSSR count). The number of carbonyl (C=O) groups excluding carboxylic acids is 4. The maximum atomic E-state index is 11.9. The van der Waals surface area contributed by atoms with Crippen molar-refractivity contribution in [1.82, 2.24) is 10.6 Å². The standard InChI is InChI=1S/C19H30N2O8/c1-3-16(22)28-13-29-17(23)10-5-4-6-11-27-19(25)21-15-9-7-8-14(12-15)20-18(24)26-2/h3,14-15H,1,4-13H2,2H3,(H,20,24)(H,21,25). The number of unbranched alkanes of at least 4 members (excludes halogenated alkanes) is 2. The van der Waals surface area contributed by atoms with Gasteiger partial charge in [0.2, 0.25) is 6.79 Å². The van der Waals surface area contributed by atoms with E-state index in [1.807, 2.05) is 0 Å². The lowest BCUT2D eigenvalue weighted by Crippen LogP contribution is -2.45. The highest BCUT2D eigenvalue weighted by molar-refractivity contribution is 5.81. The fourth-order valence-electron chi connectivity index (χ4n) is 2.88. The average Bonchev–Trinajstić information content (AvgIpc) is 2.70. The monoisotopic (exact) mass is 414 g/mol. The van der Waals surface area contributed by atoms with Gasteiger partial charge in [-0.3, -0.25) is 4.79 Å². The van der Waals surface area contributed by atoms with E-state index in [1.54, 1.807) is 0 Å². The number of hydrogen-bond donors (Lipinski definition) is 2. The number of hydrogen-bond acceptors (Lipinski definition) is 8. The van der Waals surface area contributed by atoms with E-state index >= 15 is 0 Å². The van der Waals surface area contributed by atoms with Crippen molar-refractivity contribution in [2.45, 2.75) is 63.5 Å². The van der Waals surface area contributed by atoms with Gasteiger partial charge in [-0.15, -0.1) is 0 Å². The van der Waals surface area contributed by atoms with Crippen LogP contribution in [0.3, 0.4) is 0 Å². The molecule has 0 heterocycles. The molecule has 0 aromatic rings. The molecular formula is C19H30N2O8. The topological polar surface area (TPSA) is 129 Å². The molecule has 1 fully saturated rings. The molecule has 2 unspecified atom stereocenters. The van der Waals surface area contributed by atoms with Crippen molar-refractivity contribution in [2.24, 2.45) is 0 Å². The first-order chi connectivity index (χ1) is 13.9. The van der Waals surface area contributed by atoms with E-state index < -0.39 is 30.9 Å². The minimum atomic E-state index is -0.656. The van der Waals surface area contributed by atoms with E-state index in [-0.39, 0.29) is 25.1 Å². The van der Waals surface area contributed by atoms with Gasteiger partial charge < -0.3 is 29.6 Å². The summed E-state index contributed by atoms with van der Waals surface area (Å²) in [6.45, 7) is 3.04. The molecule has 0 radical (unpaired) electrons. The Morgan fingerprint density at radius 1 is 0.966 bits per heavy atom. The fraction of sp³-hybridized carbons (Fsp3) is 0.684. The Kier molecular flexibility index (Phi) is 11.9. The van der Waals surface area contributed by atoms with Crippen molar-refractivity contribution in [1.29, 1.82) is 0 Å². The van der Waals surface area contributed by atoms with Crippen LogP contribution in [-0.2, 0) is 28.5 Å². The highest BCUT2D eigenvalue weighted by Crippen LogP contribution is 2.19. The Morgan fingerprint density at radius 2 is 1.66 bits per heavy atom. The summed E-state index contributed by atoms with van der Waals surface area (Å²) in [6.07, 6.45) is 5.29. The zero-order chi connectivity index (χ0) is 21.5. The van der Waals surface area contributed by atoms with Crippen molar-refractivity contribution in [3.05, 3.63) is 12.7 Å². The van der Waals surface area contributed by atoms with E-state index in [9.17, 15) is 19.2 Å². The highest BCUT2D eigenvalue weighted by atomic mass is 16.7. The van der Waals surface area contributed by atoms with Crippen molar-refractivity contribution < 1.29 is 38.1 Å². The molecule has 0 bridgehead atoms. The van der Waals surface area contributed by atoms with Gasteiger partial charge in [-0.05, 0) is 44.9 Å². The van der Waals surface area contributed by atoms with Gasteiger partial charge in [0.1, 0.15) is 0 Å². The molecule has 2 amide bonds. The number of methoxy groups -OCH3 is 1.